The molecule has 0 nitrogen and oxygen atoms in total. The van der Waals surface area contributed by atoms with E-state index in [1.54, 1.807) is 0 Å². The van der Waals surface area contributed by atoms with Crippen LogP contribution in [0.5, 0.6) is 0 Å². The van der Waals surface area contributed by atoms with Crippen LogP contribution in [-0.2, 0) is 0 Å². The molecule has 0 aliphatic heterocycles. The first-order chi connectivity index (χ1) is 25.9. The van der Waals surface area contributed by atoms with Crippen molar-refractivity contribution in [3.8, 4) is 66.8 Å². The number of hydrogen-bond donors (Lipinski definition) is 0. The molecule has 0 amide bonds. The SMILES string of the molecule is c1ccc(-c2c(-c3ccccc3)c3ccc4ccc(-c5ccccc5)c5c(-c6ccccc6)c(-c6ccccc6)c(c2-c2ccccc2)c3c45)cc1. The molecule has 0 spiro atoms. The minimum absolute atomic E-state index is 1.20. The third-order valence-electron chi connectivity index (χ3n) is 10.6. The van der Waals surface area contributed by atoms with Gasteiger partial charge in [0.05, 0.1) is 0 Å². The van der Waals surface area contributed by atoms with E-state index in [9.17, 15) is 0 Å². The van der Waals surface area contributed by atoms with E-state index >= 15 is 0 Å². The fourth-order valence-electron chi connectivity index (χ4n) is 8.49. The average Bonchev–Trinajstić information content (AvgIpc) is 3.23. The zero-order valence-electron chi connectivity index (χ0n) is 28.6. The minimum atomic E-state index is 1.20. The second-order valence-corrected chi connectivity index (χ2v) is 13.5. The highest BCUT2D eigenvalue weighted by Gasteiger charge is 2.29. The van der Waals surface area contributed by atoms with Crippen molar-refractivity contribution in [2.45, 2.75) is 0 Å². The topological polar surface area (TPSA) is 0 Å². The molecule has 52 heavy (non-hydrogen) atoms. The van der Waals surface area contributed by atoms with Gasteiger partial charge in [0.2, 0.25) is 0 Å². The van der Waals surface area contributed by atoms with Gasteiger partial charge < -0.3 is 0 Å². The van der Waals surface area contributed by atoms with Gasteiger partial charge in [0.15, 0.2) is 0 Å². The van der Waals surface area contributed by atoms with E-state index in [2.05, 4.69) is 206 Å². The van der Waals surface area contributed by atoms with Gasteiger partial charge in [-0.3, -0.25) is 0 Å². The van der Waals surface area contributed by atoms with Crippen LogP contribution in [0.4, 0.5) is 0 Å². The summed E-state index contributed by atoms with van der Waals surface area (Å²) in [5.41, 5.74) is 14.8. The van der Waals surface area contributed by atoms with Gasteiger partial charge in [0, 0.05) is 0 Å². The standard InChI is InChI=1S/C52H34/c1-7-19-35(20-8-1)42-33-31-41-32-34-43-44(36-21-9-2-10-22-36)45(37-23-11-3-12-24-37)47(39-27-15-5-16-28-39)52-48(40-29-17-6-18-30-40)46(38-25-13-4-14-26-38)50(42)49(41)51(43)52/h1-34H. The normalized spacial score (nSPS) is 11.5. The first-order valence-corrected chi connectivity index (χ1v) is 18.0. The maximum Gasteiger partial charge on any atom is -0.000116 e. The molecule has 0 saturated heterocycles. The average molecular weight is 659 g/mol. The molecule has 0 saturated carbocycles. The zero-order valence-corrected chi connectivity index (χ0v) is 28.6. The third-order valence-corrected chi connectivity index (χ3v) is 10.6. The van der Waals surface area contributed by atoms with E-state index in [1.807, 2.05) is 0 Å². The van der Waals surface area contributed by atoms with E-state index in [4.69, 9.17) is 0 Å². The van der Waals surface area contributed by atoms with Crippen LogP contribution in [0.1, 0.15) is 0 Å². The summed E-state index contributed by atoms with van der Waals surface area (Å²) in [6.45, 7) is 0. The van der Waals surface area contributed by atoms with Gasteiger partial charge >= 0.3 is 0 Å². The third kappa shape index (κ3) is 4.77. The van der Waals surface area contributed by atoms with Crippen molar-refractivity contribution in [3.05, 3.63) is 206 Å². The predicted molar refractivity (Wildman–Crippen MR) is 223 cm³/mol. The van der Waals surface area contributed by atoms with Crippen molar-refractivity contribution in [3.63, 3.8) is 0 Å². The van der Waals surface area contributed by atoms with Crippen LogP contribution in [0.25, 0.3) is 99.1 Å². The van der Waals surface area contributed by atoms with Gasteiger partial charge in [-0.2, -0.15) is 0 Å². The smallest absolute Gasteiger partial charge is 0.000116 e. The lowest BCUT2D eigenvalue weighted by Gasteiger charge is -2.28. The molecule has 0 heteroatoms. The van der Waals surface area contributed by atoms with Gasteiger partial charge in [0.1, 0.15) is 0 Å². The Morgan fingerprint density at radius 3 is 1.00 bits per heavy atom. The van der Waals surface area contributed by atoms with E-state index in [0.29, 0.717) is 0 Å². The van der Waals surface area contributed by atoms with Crippen LogP contribution in [0, 0.1) is 0 Å². The van der Waals surface area contributed by atoms with E-state index in [-0.39, 0.29) is 0 Å². The molecule has 0 aliphatic rings. The van der Waals surface area contributed by atoms with Crippen molar-refractivity contribution in [2.24, 2.45) is 0 Å². The Balaban J connectivity index is 1.59. The molecule has 10 aromatic rings. The summed E-state index contributed by atoms with van der Waals surface area (Å²) in [4.78, 5) is 0. The summed E-state index contributed by atoms with van der Waals surface area (Å²) in [6, 6.07) is 75.5. The van der Waals surface area contributed by atoms with Crippen molar-refractivity contribution >= 4 is 32.3 Å². The highest BCUT2D eigenvalue weighted by atomic mass is 14.3. The van der Waals surface area contributed by atoms with E-state index in [1.165, 1.54) is 99.1 Å². The first kappa shape index (κ1) is 30.1. The highest BCUT2D eigenvalue weighted by molar-refractivity contribution is 6.38. The summed E-state index contributed by atoms with van der Waals surface area (Å²) >= 11 is 0. The molecule has 0 radical (unpaired) electrons. The maximum absolute atomic E-state index is 2.38. The molecule has 0 heterocycles. The molecule has 0 fully saturated rings. The Labute approximate surface area is 304 Å². The van der Waals surface area contributed by atoms with Gasteiger partial charge in [0.25, 0.3) is 0 Å². The van der Waals surface area contributed by atoms with Crippen LogP contribution in [0.3, 0.4) is 0 Å². The van der Waals surface area contributed by atoms with Gasteiger partial charge in [-0.25, -0.2) is 0 Å². The first-order valence-electron chi connectivity index (χ1n) is 18.0. The quantitative estimate of drug-likeness (QED) is 0.156. The Kier molecular flexibility index (Phi) is 7.25. The van der Waals surface area contributed by atoms with Crippen molar-refractivity contribution < 1.29 is 0 Å². The lowest BCUT2D eigenvalue weighted by molar-refractivity contribution is 1.58. The van der Waals surface area contributed by atoms with E-state index in [0.717, 1.165) is 0 Å². The molecule has 242 valence electrons. The van der Waals surface area contributed by atoms with Crippen molar-refractivity contribution in [2.75, 3.05) is 0 Å². The molecule has 0 N–H and O–H groups in total. The molecule has 0 aromatic heterocycles. The Bertz CT molecular complexity index is 2820. The second-order valence-electron chi connectivity index (χ2n) is 13.5. The monoisotopic (exact) mass is 658 g/mol. The molecule has 0 atom stereocenters. The molecule has 10 aromatic carbocycles. The molecule has 0 bridgehead atoms. The van der Waals surface area contributed by atoms with E-state index < -0.39 is 0 Å². The van der Waals surface area contributed by atoms with Gasteiger partial charge in [-0.15, -0.1) is 0 Å². The molecule has 10 rings (SSSR count). The maximum atomic E-state index is 2.38. The fourth-order valence-corrected chi connectivity index (χ4v) is 8.49. The molecular weight excluding hydrogens is 625 g/mol. The molecule has 0 aliphatic carbocycles. The van der Waals surface area contributed by atoms with Crippen molar-refractivity contribution in [1.82, 2.24) is 0 Å². The van der Waals surface area contributed by atoms with Gasteiger partial charge in [-0.05, 0) is 99.1 Å². The Hall–Kier alpha value is -6.76. The highest BCUT2D eigenvalue weighted by Crippen LogP contribution is 2.57. The summed E-state index contributed by atoms with van der Waals surface area (Å²) in [6.07, 6.45) is 0. The van der Waals surface area contributed by atoms with Crippen LogP contribution < -0.4 is 0 Å². The molecular formula is C52H34. The lowest BCUT2D eigenvalue weighted by atomic mass is 9.74. The summed E-state index contributed by atoms with van der Waals surface area (Å²) in [5, 5.41) is 7.70. The molecule has 0 unspecified atom stereocenters. The second kappa shape index (κ2) is 12.5. The summed E-state index contributed by atoms with van der Waals surface area (Å²) < 4.78 is 0. The number of rotatable bonds is 6. The summed E-state index contributed by atoms with van der Waals surface area (Å²) in [7, 11) is 0. The lowest BCUT2D eigenvalue weighted by Crippen LogP contribution is -2.01. The van der Waals surface area contributed by atoms with Crippen molar-refractivity contribution in [1.29, 1.82) is 0 Å². The van der Waals surface area contributed by atoms with Crippen LogP contribution in [0.2, 0.25) is 0 Å². The number of benzene rings is 10. The fraction of sp³-hybridized carbons (Fsp3) is 0. The Morgan fingerprint density at radius 2 is 0.538 bits per heavy atom. The van der Waals surface area contributed by atoms with Gasteiger partial charge in [-0.1, -0.05) is 206 Å². The minimum Gasteiger partial charge on any atom is -0.0622 e. The predicted octanol–water partition coefficient (Wildman–Crippen LogP) is 14.6. The summed E-state index contributed by atoms with van der Waals surface area (Å²) in [5.74, 6) is 0. The largest absolute Gasteiger partial charge is 0.0622 e. The number of hydrogen-bond acceptors (Lipinski definition) is 0. The van der Waals surface area contributed by atoms with Crippen LogP contribution >= 0.6 is 0 Å². The zero-order chi connectivity index (χ0) is 34.4. The Morgan fingerprint density at radius 1 is 0.192 bits per heavy atom. The van der Waals surface area contributed by atoms with Crippen LogP contribution in [-0.4, -0.2) is 0 Å². The van der Waals surface area contributed by atoms with Crippen LogP contribution in [0.15, 0.2) is 206 Å².